The second-order valence-electron chi connectivity index (χ2n) is 4.88. The molecule has 0 aliphatic carbocycles. The maximum Gasteiger partial charge on any atom is 0.159 e. The molecule has 0 aliphatic rings. The molecule has 0 saturated heterocycles. The van der Waals surface area contributed by atoms with E-state index in [1.807, 2.05) is 56.3 Å². The standard InChI is InChI=1S/C15H19N3O.ClH/c1-11-13(14(19)10-18(2)3)9-16-15(17-11)12-7-5-4-6-8-12;/h4-9,14,19H,10H2,1-3H3;1H. The van der Waals surface area contributed by atoms with Gasteiger partial charge in [0.15, 0.2) is 5.82 Å². The number of likely N-dealkylation sites (N-methyl/N-ethyl adjacent to an activating group) is 1. The molecule has 1 aromatic heterocycles. The van der Waals surface area contributed by atoms with E-state index in [4.69, 9.17) is 0 Å². The van der Waals surface area contributed by atoms with Crippen LogP contribution in [0.5, 0.6) is 0 Å². The summed E-state index contributed by atoms with van der Waals surface area (Å²) in [6, 6.07) is 9.84. The van der Waals surface area contributed by atoms with Crippen molar-refractivity contribution in [2.75, 3.05) is 20.6 Å². The number of hydrogen-bond acceptors (Lipinski definition) is 4. The number of nitrogens with zero attached hydrogens (tertiary/aromatic N) is 3. The van der Waals surface area contributed by atoms with Gasteiger partial charge in [-0.2, -0.15) is 0 Å². The van der Waals surface area contributed by atoms with Crippen molar-refractivity contribution in [3.8, 4) is 11.4 Å². The number of aryl methyl sites for hydroxylation is 1. The van der Waals surface area contributed by atoms with E-state index in [0.29, 0.717) is 12.4 Å². The van der Waals surface area contributed by atoms with Crippen LogP contribution in [-0.4, -0.2) is 40.6 Å². The Labute approximate surface area is 125 Å². The summed E-state index contributed by atoms with van der Waals surface area (Å²) in [6.45, 7) is 2.47. The third kappa shape index (κ3) is 4.00. The predicted octanol–water partition coefficient (Wildman–Crippen LogP) is 2.47. The Bertz CT molecular complexity index is 546. The number of aliphatic hydroxyl groups is 1. The van der Waals surface area contributed by atoms with Crippen LogP contribution in [0.1, 0.15) is 17.4 Å². The Hall–Kier alpha value is -1.49. The van der Waals surface area contributed by atoms with Gasteiger partial charge in [-0.25, -0.2) is 9.97 Å². The zero-order valence-corrected chi connectivity index (χ0v) is 12.8. The van der Waals surface area contributed by atoms with E-state index in [-0.39, 0.29) is 12.4 Å². The average Bonchev–Trinajstić information content (AvgIpc) is 2.38. The van der Waals surface area contributed by atoms with Crippen LogP contribution in [0.4, 0.5) is 0 Å². The highest BCUT2D eigenvalue weighted by Gasteiger charge is 2.14. The van der Waals surface area contributed by atoms with Gasteiger partial charge in [-0.05, 0) is 21.0 Å². The number of rotatable bonds is 4. The molecule has 0 saturated carbocycles. The Morgan fingerprint density at radius 2 is 1.85 bits per heavy atom. The fourth-order valence-electron chi connectivity index (χ4n) is 1.97. The Morgan fingerprint density at radius 1 is 1.20 bits per heavy atom. The normalized spacial score (nSPS) is 12.1. The van der Waals surface area contributed by atoms with Gasteiger partial charge in [-0.3, -0.25) is 0 Å². The zero-order chi connectivity index (χ0) is 13.8. The topological polar surface area (TPSA) is 49.3 Å². The second-order valence-corrected chi connectivity index (χ2v) is 4.88. The molecule has 0 radical (unpaired) electrons. The Balaban J connectivity index is 0.00000200. The van der Waals surface area contributed by atoms with E-state index in [1.165, 1.54) is 0 Å². The van der Waals surface area contributed by atoms with Crippen molar-refractivity contribution >= 4 is 12.4 Å². The fraction of sp³-hybridized carbons (Fsp3) is 0.333. The highest BCUT2D eigenvalue weighted by Crippen LogP contribution is 2.20. The van der Waals surface area contributed by atoms with Gasteiger partial charge in [0.2, 0.25) is 0 Å². The van der Waals surface area contributed by atoms with E-state index in [2.05, 4.69) is 9.97 Å². The monoisotopic (exact) mass is 293 g/mol. The maximum absolute atomic E-state index is 10.1. The van der Waals surface area contributed by atoms with Gasteiger partial charge in [0.05, 0.1) is 6.10 Å². The molecule has 4 nitrogen and oxygen atoms in total. The van der Waals surface area contributed by atoms with E-state index < -0.39 is 6.10 Å². The molecule has 0 fully saturated rings. The minimum absolute atomic E-state index is 0. The highest BCUT2D eigenvalue weighted by molar-refractivity contribution is 5.85. The summed E-state index contributed by atoms with van der Waals surface area (Å²) in [4.78, 5) is 10.8. The van der Waals surface area contributed by atoms with Crippen LogP contribution in [0.25, 0.3) is 11.4 Å². The van der Waals surface area contributed by atoms with Crippen molar-refractivity contribution in [3.63, 3.8) is 0 Å². The van der Waals surface area contributed by atoms with Crippen LogP contribution in [0.2, 0.25) is 0 Å². The first-order chi connectivity index (χ1) is 9.08. The van der Waals surface area contributed by atoms with Crippen molar-refractivity contribution in [3.05, 3.63) is 47.8 Å². The lowest BCUT2D eigenvalue weighted by molar-refractivity contribution is 0.137. The number of benzene rings is 1. The van der Waals surface area contributed by atoms with E-state index in [0.717, 1.165) is 16.8 Å². The number of hydrogen-bond donors (Lipinski definition) is 1. The highest BCUT2D eigenvalue weighted by atomic mass is 35.5. The number of aliphatic hydroxyl groups excluding tert-OH is 1. The second kappa shape index (κ2) is 7.33. The van der Waals surface area contributed by atoms with Gasteiger partial charge in [0.25, 0.3) is 0 Å². The SMILES string of the molecule is Cc1nc(-c2ccccc2)ncc1C(O)CN(C)C.Cl. The molecule has 1 aromatic carbocycles. The van der Waals surface area contributed by atoms with Crippen LogP contribution in [0, 0.1) is 6.92 Å². The Kier molecular flexibility index (Phi) is 6.07. The lowest BCUT2D eigenvalue weighted by Gasteiger charge is -2.17. The maximum atomic E-state index is 10.1. The quantitative estimate of drug-likeness (QED) is 0.941. The van der Waals surface area contributed by atoms with Crippen molar-refractivity contribution < 1.29 is 5.11 Å². The van der Waals surface area contributed by atoms with Crippen molar-refractivity contribution in [1.82, 2.24) is 14.9 Å². The summed E-state index contributed by atoms with van der Waals surface area (Å²) >= 11 is 0. The molecule has 0 aliphatic heterocycles. The fourth-order valence-corrected chi connectivity index (χ4v) is 1.97. The van der Waals surface area contributed by atoms with Gasteiger partial charge in [-0.15, -0.1) is 12.4 Å². The number of aromatic nitrogens is 2. The van der Waals surface area contributed by atoms with E-state index >= 15 is 0 Å². The molecule has 0 spiro atoms. The smallest absolute Gasteiger partial charge is 0.159 e. The lowest BCUT2D eigenvalue weighted by Crippen LogP contribution is -2.21. The minimum Gasteiger partial charge on any atom is -0.387 e. The van der Waals surface area contributed by atoms with Crippen molar-refractivity contribution in [1.29, 1.82) is 0 Å². The van der Waals surface area contributed by atoms with Crippen LogP contribution in [0.3, 0.4) is 0 Å². The third-order valence-electron chi connectivity index (χ3n) is 2.95. The summed E-state index contributed by atoms with van der Waals surface area (Å²) in [6.07, 6.45) is 1.17. The molecular formula is C15H20ClN3O. The van der Waals surface area contributed by atoms with Crippen molar-refractivity contribution in [2.24, 2.45) is 0 Å². The molecule has 2 aromatic rings. The van der Waals surface area contributed by atoms with Crippen LogP contribution in [-0.2, 0) is 0 Å². The predicted molar refractivity (Wildman–Crippen MR) is 83.0 cm³/mol. The summed E-state index contributed by atoms with van der Waals surface area (Å²) in [5, 5.41) is 10.1. The van der Waals surface area contributed by atoms with E-state index in [1.54, 1.807) is 6.20 Å². The first-order valence-corrected chi connectivity index (χ1v) is 6.29. The third-order valence-corrected chi connectivity index (χ3v) is 2.95. The molecule has 1 N–H and O–H groups in total. The minimum atomic E-state index is -0.556. The van der Waals surface area contributed by atoms with Crippen LogP contribution < -0.4 is 0 Å². The van der Waals surface area contributed by atoms with E-state index in [9.17, 15) is 5.11 Å². The average molecular weight is 294 g/mol. The molecule has 108 valence electrons. The van der Waals surface area contributed by atoms with Crippen LogP contribution in [0.15, 0.2) is 36.5 Å². The largest absolute Gasteiger partial charge is 0.387 e. The molecule has 1 heterocycles. The molecule has 2 rings (SSSR count). The number of halogens is 1. The molecule has 1 unspecified atom stereocenters. The summed E-state index contributed by atoms with van der Waals surface area (Å²) in [5.41, 5.74) is 2.59. The molecular weight excluding hydrogens is 274 g/mol. The Morgan fingerprint density at radius 3 is 2.40 bits per heavy atom. The first kappa shape index (κ1) is 16.6. The van der Waals surface area contributed by atoms with Gasteiger partial charge in [0, 0.05) is 29.6 Å². The van der Waals surface area contributed by atoms with Crippen LogP contribution >= 0.6 is 12.4 Å². The van der Waals surface area contributed by atoms with Gasteiger partial charge >= 0.3 is 0 Å². The summed E-state index contributed by atoms with van der Waals surface area (Å²) in [7, 11) is 3.86. The molecule has 20 heavy (non-hydrogen) atoms. The molecule has 0 bridgehead atoms. The summed E-state index contributed by atoms with van der Waals surface area (Å²) in [5.74, 6) is 0.693. The van der Waals surface area contributed by atoms with Gasteiger partial charge in [0.1, 0.15) is 0 Å². The zero-order valence-electron chi connectivity index (χ0n) is 11.9. The molecule has 5 heteroatoms. The van der Waals surface area contributed by atoms with Gasteiger partial charge in [-0.1, -0.05) is 30.3 Å². The lowest BCUT2D eigenvalue weighted by atomic mass is 10.1. The van der Waals surface area contributed by atoms with Crippen molar-refractivity contribution in [2.45, 2.75) is 13.0 Å². The first-order valence-electron chi connectivity index (χ1n) is 6.29. The molecule has 1 atom stereocenters. The van der Waals surface area contributed by atoms with Gasteiger partial charge < -0.3 is 10.0 Å². The summed E-state index contributed by atoms with van der Waals surface area (Å²) < 4.78 is 0. The molecule has 0 amide bonds.